The molecule has 4 rings (SSSR count). The van der Waals surface area contributed by atoms with Crippen molar-refractivity contribution in [3.63, 3.8) is 0 Å². The Hall–Kier alpha value is -3.40. The highest BCUT2D eigenvalue weighted by Gasteiger charge is 2.40. The molecule has 3 atom stereocenters. The number of carbonyl (C=O) groups is 2. The van der Waals surface area contributed by atoms with E-state index in [0.29, 0.717) is 28.8 Å². The molecule has 30 heavy (non-hydrogen) atoms. The van der Waals surface area contributed by atoms with Gasteiger partial charge in [-0.3, -0.25) is 14.2 Å². The number of fused-ring (bicyclic) bond motifs is 1. The quantitative estimate of drug-likeness (QED) is 0.586. The van der Waals surface area contributed by atoms with E-state index < -0.39 is 30.4 Å². The van der Waals surface area contributed by atoms with Gasteiger partial charge >= 0.3 is 11.9 Å². The van der Waals surface area contributed by atoms with Gasteiger partial charge in [0.2, 0.25) is 0 Å². The van der Waals surface area contributed by atoms with Crippen LogP contribution in [0.15, 0.2) is 36.9 Å². The third-order valence-corrected chi connectivity index (χ3v) is 4.74. The van der Waals surface area contributed by atoms with Crippen LogP contribution in [-0.4, -0.2) is 50.3 Å². The predicted molar refractivity (Wildman–Crippen MR) is 101 cm³/mol. The van der Waals surface area contributed by atoms with Crippen molar-refractivity contribution in [2.75, 3.05) is 6.61 Å². The first-order valence-electron chi connectivity index (χ1n) is 9.32. The highest BCUT2D eigenvalue weighted by atomic mass is 19.1. The number of nitrogens with zero attached hydrogens (tertiary/aromatic N) is 4. The molecule has 0 amide bonds. The van der Waals surface area contributed by atoms with Crippen LogP contribution in [0.1, 0.15) is 26.5 Å². The lowest BCUT2D eigenvalue weighted by Gasteiger charge is -2.17. The van der Waals surface area contributed by atoms with Crippen LogP contribution in [0.2, 0.25) is 0 Å². The molecule has 0 saturated carbocycles. The van der Waals surface area contributed by atoms with Crippen LogP contribution in [-0.2, 0) is 23.8 Å². The largest absolute Gasteiger partial charge is 0.463 e. The number of hydrogen-bond donors (Lipinski definition) is 0. The smallest absolute Gasteiger partial charge is 0.303 e. The van der Waals surface area contributed by atoms with Crippen molar-refractivity contribution in [2.45, 2.75) is 38.7 Å². The minimum absolute atomic E-state index is 0.0355. The molecule has 0 bridgehead atoms. The molecule has 1 aliphatic heterocycles. The van der Waals surface area contributed by atoms with E-state index in [-0.39, 0.29) is 12.4 Å². The molecule has 9 nitrogen and oxygen atoms in total. The Kier molecular flexibility index (Phi) is 5.40. The van der Waals surface area contributed by atoms with Gasteiger partial charge in [-0.25, -0.2) is 19.3 Å². The molecule has 1 saturated heterocycles. The Morgan fingerprint density at radius 1 is 1.17 bits per heavy atom. The van der Waals surface area contributed by atoms with Crippen LogP contribution < -0.4 is 0 Å². The number of aromatic nitrogens is 4. The van der Waals surface area contributed by atoms with Crippen LogP contribution >= 0.6 is 0 Å². The molecule has 0 N–H and O–H groups in total. The number of carbonyl (C=O) groups excluding carboxylic acids is 2. The van der Waals surface area contributed by atoms with E-state index in [1.54, 1.807) is 23.0 Å². The fourth-order valence-corrected chi connectivity index (χ4v) is 3.44. The van der Waals surface area contributed by atoms with Gasteiger partial charge < -0.3 is 14.2 Å². The highest BCUT2D eigenvalue weighted by Crippen LogP contribution is 2.34. The molecule has 156 valence electrons. The average molecular weight is 414 g/mol. The number of ether oxygens (including phenoxy) is 3. The van der Waals surface area contributed by atoms with Gasteiger partial charge in [-0.15, -0.1) is 0 Å². The minimum Gasteiger partial charge on any atom is -0.463 e. The van der Waals surface area contributed by atoms with Crippen molar-refractivity contribution in [3.05, 3.63) is 42.7 Å². The standard InChI is InChI=1S/C20H19FN4O5/c1-11(26)28-8-16-15(29-12(2)27)7-17(30-16)25-10-24-19-18(22-9-23-20(19)25)13-3-5-14(21)6-4-13/h3-6,9-10,15-17H,7-8H2,1-2H3/t15?,16-,17-/m1/s1. The van der Waals surface area contributed by atoms with Crippen LogP contribution in [0.25, 0.3) is 22.4 Å². The van der Waals surface area contributed by atoms with Crippen molar-refractivity contribution in [3.8, 4) is 11.3 Å². The van der Waals surface area contributed by atoms with Crippen LogP contribution in [0.4, 0.5) is 4.39 Å². The van der Waals surface area contributed by atoms with Crippen LogP contribution in [0.5, 0.6) is 0 Å². The molecular weight excluding hydrogens is 395 g/mol. The van der Waals surface area contributed by atoms with Gasteiger partial charge in [0.25, 0.3) is 0 Å². The zero-order chi connectivity index (χ0) is 21.3. The fourth-order valence-electron chi connectivity index (χ4n) is 3.44. The van der Waals surface area contributed by atoms with E-state index in [2.05, 4.69) is 15.0 Å². The van der Waals surface area contributed by atoms with E-state index in [4.69, 9.17) is 14.2 Å². The Morgan fingerprint density at radius 2 is 1.93 bits per heavy atom. The summed E-state index contributed by atoms with van der Waals surface area (Å²) in [5.74, 6) is -1.24. The Balaban J connectivity index is 1.64. The molecule has 1 aromatic carbocycles. The molecule has 10 heteroatoms. The van der Waals surface area contributed by atoms with Crippen molar-refractivity contribution in [1.82, 2.24) is 19.5 Å². The summed E-state index contributed by atoms with van der Waals surface area (Å²) in [6.07, 6.45) is 1.58. The maximum Gasteiger partial charge on any atom is 0.303 e. The first-order valence-corrected chi connectivity index (χ1v) is 9.32. The topological polar surface area (TPSA) is 105 Å². The Labute approximate surface area is 170 Å². The lowest BCUT2D eigenvalue weighted by molar-refractivity contribution is -0.155. The molecule has 3 aromatic rings. The van der Waals surface area contributed by atoms with Crippen molar-refractivity contribution < 1.29 is 28.2 Å². The first-order chi connectivity index (χ1) is 14.4. The number of halogens is 1. The third kappa shape index (κ3) is 3.99. The summed E-state index contributed by atoms with van der Waals surface area (Å²) in [6, 6.07) is 5.94. The molecule has 0 spiro atoms. The summed E-state index contributed by atoms with van der Waals surface area (Å²) in [6.45, 7) is 2.57. The van der Waals surface area contributed by atoms with Gasteiger partial charge in [0, 0.05) is 25.8 Å². The summed E-state index contributed by atoms with van der Waals surface area (Å²) in [5.41, 5.74) is 2.31. The molecule has 1 aliphatic rings. The van der Waals surface area contributed by atoms with Crippen molar-refractivity contribution in [1.29, 1.82) is 0 Å². The summed E-state index contributed by atoms with van der Waals surface area (Å²) >= 11 is 0. The van der Waals surface area contributed by atoms with E-state index in [1.807, 2.05) is 0 Å². The number of benzene rings is 1. The number of imidazole rings is 1. The number of hydrogen-bond acceptors (Lipinski definition) is 8. The zero-order valence-corrected chi connectivity index (χ0v) is 16.3. The summed E-state index contributed by atoms with van der Waals surface area (Å²) in [4.78, 5) is 35.7. The molecular formula is C20H19FN4O5. The lowest BCUT2D eigenvalue weighted by Crippen LogP contribution is -2.31. The van der Waals surface area contributed by atoms with Crippen molar-refractivity contribution >= 4 is 23.1 Å². The summed E-state index contributed by atoms with van der Waals surface area (Å²) in [7, 11) is 0. The molecule has 0 aliphatic carbocycles. The monoisotopic (exact) mass is 414 g/mol. The van der Waals surface area contributed by atoms with E-state index >= 15 is 0 Å². The molecule has 3 heterocycles. The highest BCUT2D eigenvalue weighted by molar-refractivity contribution is 5.87. The van der Waals surface area contributed by atoms with Crippen LogP contribution in [0, 0.1) is 5.82 Å². The van der Waals surface area contributed by atoms with Crippen LogP contribution in [0.3, 0.4) is 0 Å². The molecule has 0 radical (unpaired) electrons. The maximum atomic E-state index is 13.3. The molecule has 1 fully saturated rings. The molecule has 2 aromatic heterocycles. The Morgan fingerprint density at radius 3 is 2.63 bits per heavy atom. The van der Waals surface area contributed by atoms with E-state index in [9.17, 15) is 14.0 Å². The van der Waals surface area contributed by atoms with Gasteiger partial charge in [-0.1, -0.05) is 0 Å². The SMILES string of the molecule is CC(=O)OC[C@H]1O[C@@H](n2cnc3c(-c4ccc(F)cc4)ncnc32)CC1OC(C)=O. The maximum absolute atomic E-state index is 13.3. The third-order valence-electron chi connectivity index (χ3n) is 4.74. The van der Waals surface area contributed by atoms with Crippen molar-refractivity contribution in [2.24, 2.45) is 0 Å². The van der Waals surface area contributed by atoms with Gasteiger partial charge in [0.1, 0.15) is 48.4 Å². The second-order valence-corrected chi connectivity index (χ2v) is 6.87. The van der Waals surface area contributed by atoms with Gasteiger partial charge in [0.05, 0.1) is 6.33 Å². The summed E-state index contributed by atoms with van der Waals surface area (Å²) < 4.78 is 31.4. The zero-order valence-electron chi connectivity index (χ0n) is 16.3. The van der Waals surface area contributed by atoms with Gasteiger partial charge in [-0.05, 0) is 24.3 Å². The van der Waals surface area contributed by atoms with E-state index in [1.165, 1.54) is 32.3 Å². The predicted octanol–water partition coefficient (Wildman–Crippen LogP) is 2.41. The second-order valence-electron chi connectivity index (χ2n) is 6.87. The minimum atomic E-state index is -0.612. The Bertz CT molecular complexity index is 1080. The fraction of sp³-hybridized carbons (Fsp3) is 0.350. The van der Waals surface area contributed by atoms with Gasteiger partial charge in [0.15, 0.2) is 5.65 Å². The van der Waals surface area contributed by atoms with Gasteiger partial charge in [-0.2, -0.15) is 0 Å². The number of esters is 2. The number of rotatable bonds is 5. The van der Waals surface area contributed by atoms with E-state index in [0.717, 1.165) is 0 Å². The second kappa shape index (κ2) is 8.15. The first kappa shape index (κ1) is 19.9. The average Bonchev–Trinajstić information content (AvgIpc) is 3.30. The molecule has 1 unspecified atom stereocenters. The lowest BCUT2D eigenvalue weighted by atomic mass is 10.1. The normalized spacial score (nSPS) is 21.0. The summed E-state index contributed by atoms with van der Waals surface area (Å²) in [5, 5.41) is 0.